The first-order valence-corrected chi connectivity index (χ1v) is 8.97. The van der Waals surface area contributed by atoms with Crippen LogP contribution in [0.2, 0.25) is 0 Å². The van der Waals surface area contributed by atoms with Crippen LogP contribution >= 0.6 is 0 Å². The number of benzene rings is 2. The largest absolute Gasteiger partial charge is 0.256 e. The summed E-state index contributed by atoms with van der Waals surface area (Å²) in [5, 5.41) is 0. The third kappa shape index (κ3) is 4.32. The van der Waals surface area contributed by atoms with E-state index in [-0.39, 0.29) is 0 Å². The standard InChI is InChI=1S/C23H25N/c1-2-3-4-6-10-19-11-9-14-22(17-19)23-18-21(15-16-24-23)20-12-7-5-8-13-20/h5,7-9,11-18H,2-4,6,10H2,1H3. The van der Waals surface area contributed by atoms with E-state index < -0.39 is 0 Å². The van der Waals surface area contributed by atoms with E-state index in [9.17, 15) is 0 Å². The molecule has 0 saturated heterocycles. The average Bonchev–Trinajstić information content (AvgIpc) is 2.66. The van der Waals surface area contributed by atoms with Gasteiger partial charge >= 0.3 is 0 Å². The number of rotatable bonds is 7. The minimum Gasteiger partial charge on any atom is -0.256 e. The van der Waals surface area contributed by atoms with Gasteiger partial charge in [0.25, 0.3) is 0 Å². The van der Waals surface area contributed by atoms with Gasteiger partial charge in [-0.15, -0.1) is 0 Å². The lowest BCUT2D eigenvalue weighted by Gasteiger charge is -2.07. The van der Waals surface area contributed by atoms with Crippen LogP contribution in [0.15, 0.2) is 72.9 Å². The lowest BCUT2D eigenvalue weighted by atomic mass is 10.0. The summed E-state index contributed by atoms with van der Waals surface area (Å²) in [4.78, 5) is 4.59. The van der Waals surface area contributed by atoms with E-state index in [1.807, 2.05) is 12.3 Å². The van der Waals surface area contributed by atoms with Crippen LogP contribution in [-0.4, -0.2) is 4.98 Å². The summed E-state index contributed by atoms with van der Waals surface area (Å²) in [6.07, 6.45) is 8.28. The summed E-state index contributed by atoms with van der Waals surface area (Å²) in [6.45, 7) is 2.26. The van der Waals surface area contributed by atoms with Gasteiger partial charge in [-0.3, -0.25) is 4.98 Å². The molecule has 0 radical (unpaired) electrons. The molecule has 0 bridgehead atoms. The summed E-state index contributed by atoms with van der Waals surface area (Å²) in [6, 6.07) is 23.6. The summed E-state index contributed by atoms with van der Waals surface area (Å²) in [5.41, 5.74) is 6.12. The highest BCUT2D eigenvalue weighted by molar-refractivity contribution is 5.70. The monoisotopic (exact) mass is 315 g/mol. The fourth-order valence-corrected chi connectivity index (χ4v) is 3.04. The molecule has 24 heavy (non-hydrogen) atoms. The first kappa shape index (κ1) is 16.4. The van der Waals surface area contributed by atoms with Crippen LogP contribution in [0.4, 0.5) is 0 Å². The summed E-state index contributed by atoms with van der Waals surface area (Å²) in [7, 11) is 0. The minimum atomic E-state index is 1.05. The van der Waals surface area contributed by atoms with Crippen molar-refractivity contribution in [2.75, 3.05) is 0 Å². The summed E-state index contributed by atoms with van der Waals surface area (Å²) in [5.74, 6) is 0. The zero-order valence-corrected chi connectivity index (χ0v) is 14.4. The molecule has 1 heteroatoms. The molecule has 0 saturated carbocycles. The first-order chi connectivity index (χ1) is 11.9. The molecule has 0 aliphatic carbocycles. The van der Waals surface area contributed by atoms with Gasteiger partial charge in [0.2, 0.25) is 0 Å². The second-order valence-corrected chi connectivity index (χ2v) is 6.31. The fourth-order valence-electron chi connectivity index (χ4n) is 3.04. The SMILES string of the molecule is CCCCCCc1cccc(-c2cc(-c3ccccc3)ccn2)c1. The number of nitrogens with zero attached hydrogens (tertiary/aromatic N) is 1. The lowest BCUT2D eigenvalue weighted by Crippen LogP contribution is -1.89. The van der Waals surface area contributed by atoms with Gasteiger partial charge in [-0.2, -0.15) is 0 Å². The van der Waals surface area contributed by atoms with Gasteiger partial charge in [0, 0.05) is 11.8 Å². The molecular weight excluding hydrogens is 290 g/mol. The normalized spacial score (nSPS) is 10.7. The zero-order chi connectivity index (χ0) is 16.6. The van der Waals surface area contributed by atoms with Crippen molar-refractivity contribution in [1.29, 1.82) is 0 Å². The van der Waals surface area contributed by atoms with Gasteiger partial charge < -0.3 is 0 Å². The highest BCUT2D eigenvalue weighted by Gasteiger charge is 2.04. The van der Waals surface area contributed by atoms with Gasteiger partial charge in [0.05, 0.1) is 5.69 Å². The Morgan fingerprint density at radius 2 is 1.54 bits per heavy atom. The maximum Gasteiger partial charge on any atom is 0.0708 e. The van der Waals surface area contributed by atoms with Gasteiger partial charge in [0.1, 0.15) is 0 Å². The quantitative estimate of drug-likeness (QED) is 0.451. The van der Waals surface area contributed by atoms with Crippen LogP contribution < -0.4 is 0 Å². The van der Waals surface area contributed by atoms with Crippen LogP contribution in [0, 0.1) is 0 Å². The highest BCUT2D eigenvalue weighted by atomic mass is 14.7. The topological polar surface area (TPSA) is 12.9 Å². The predicted octanol–water partition coefficient (Wildman–Crippen LogP) is 6.54. The zero-order valence-electron chi connectivity index (χ0n) is 14.4. The van der Waals surface area contributed by atoms with E-state index in [2.05, 4.69) is 72.6 Å². The molecule has 0 fully saturated rings. The van der Waals surface area contributed by atoms with Crippen molar-refractivity contribution >= 4 is 0 Å². The number of unbranched alkanes of at least 4 members (excludes halogenated alkanes) is 3. The fraction of sp³-hybridized carbons (Fsp3) is 0.261. The van der Waals surface area contributed by atoms with E-state index in [4.69, 9.17) is 0 Å². The van der Waals surface area contributed by atoms with E-state index in [1.54, 1.807) is 0 Å². The van der Waals surface area contributed by atoms with Crippen molar-refractivity contribution in [3.05, 3.63) is 78.5 Å². The molecule has 1 heterocycles. The molecule has 1 nitrogen and oxygen atoms in total. The molecule has 0 N–H and O–H groups in total. The van der Waals surface area contributed by atoms with Crippen LogP contribution in [0.3, 0.4) is 0 Å². The van der Waals surface area contributed by atoms with Crippen molar-refractivity contribution in [2.45, 2.75) is 39.0 Å². The third-order valence-corrected chi connectivity index (χ3v) is 4.41. The van der Waals surface area contributed by atoms with Gasteiger partial charge in [0.15, 0.2) is 0 Å². The first-order valence-electron chi connectivity index (χ1n) is 8.97. The predicted molar refractivity (Wildman–Crippen MR) is 103 cm³/mol. The molecule has 0 atom stereocenters. The third-order valence-electron chi connectivity index (χ3n) is 4.41. The molecule has 3 aromatic rings. The van der Waals surface area contributed by atoms with Crippen LogP contribution in [0.1, 0.15) is 38.2 Å². The Kier molecular flexibility index (Phi) is 5.79. The molecule has 0 spiro atoms. The second-order valence-electron chi connectivity index (χ2n) is 6.31. The number of aryl methyl sites for hydroxylation is 1. The number of hydrogen-bond donors (Lipinski definition) is 0. The molecule has 0 amide bonds. The number of hydrogen-bond acceptors (Lipinski definition) is 1. The lowest BCUT2D eigenvalue weighted by molar-refractivity contribution is 0.667. The highest BCUT2D eigenvalue weighted by Crippen LogP contribution is 2.25. The van der Waals surface area contributed by atoms with E-state index >= 15 is 0 Å². The molecule has 0 unspecified atom stereocenters. The molecule has 122 valence electrons. The van der Waals surface area contributed by atoms with Crippen LogP contribution in [0.5, 0.6) is 0 Å². The molecule has 0 aliphatic rings. The van der Waals surface area contributed by atoms with Crippen LogP contribution in [-0.2, 0) is 6.42 Å². The maximum atomic E-state index is 4.59. The Hall–Kier alpha value is -2.41. The Balaban J connectivity index is 1.79. The Labute approximate surface area is 145 Å². The second kappa shape index (κ2) is 8.44. The van der Waals surface area contributed by atoms with E-state index in [0.717, 1.165) is 12.1 Å². The van der Waals surface area contributed by atoms with E-state index in [0.29, 0.717) is 0 Å². The van der Waals surface area contributed by atoms with Gasteiger partial charge in [-0.1, -0.05) is 74.7 Å². The van der Waals surface area contributed by atoms with Crippen molar-refractivity contribution in [3.8, 4) is 22.4 Å². The molecular formula is C23H25N. The van der Waals surface area contributed by atoms with Crippen molar-refractivity contribution in [2.24, 2.45) is 0 Å². The summed E-state index contributed by atoms with van der Waals surface area (Å²) >= 11 is 0. The smallest absolute Gasteiger partial charge is 0.0708 e. The van der Waals surface area contributed by atoms with E-state index in [1.165, 1.54) is 47.9 Å². The Morgan fingerprint density at radius 1 is 0.708 bits per heavy atom. The average molecular weight is 315 g/mol. The molecule has 2 aromatic carbocycles. The molecule has 0 aliphatic heterocycles. The Morgan fingerprint density at radius 3 is 2.38 bits per heavy atom. The van der Waals surface area contributed by atoms with Crippen molar-refractivity contribution in [3.63, 3.8) is 0 Å². The number of aromatic nitrogens is 1. The maximum absolute atomic E-state index is 4.59. The van der Waals surface area contributed by atoms with Gasteiger partial charge in [-0.25, -0.2) is 0 Å². The molecule has 1 aromatic heterocycles. The number of pyridine rings is 1. The van der Waals surface area contributed by atoms with Crippen molar-refractivity contribution < 1.29 is 0 Å². The van der Waals surface area contributed by atoms with Gasteiger partial charge in [-0.05, 0) is 47.7 Å². The Bertz CT molecular complexity index is 762. The minimum absolute atomic E-state index is 1.05. The molecule has 3 rings (SSSR count). The van der Waals surface area contributed by atoms with Crippen LogP contribution in [0.25, 0.3) is 22.4 Å². The van der Waals surface area contributed by atoms with Crippen molar-refractivity contribution in [1.82, 2.24) is 4.98 Å². The summed E-state index contributed by atoms with van der Waals surface area (Å²) < 4.78 is 0.